The molecule has 0 saturated heterocycles. The first-order valence-corrected chi connectivity index (χ1v) is 5.24. The van der Waals surface area contributed by atoms with Crippen molar-refractivity contribution in [1.82, 2.24) is 9.88 Å². The fraction of sp³-hybridized carbons (Fsp3) is 0.231. The molecule has 0 aliphatic heterocycles. The van der Waals surface area contributed by atoms with E-state index in [1.54, 1.807) is 0 Å². The molecular formula is C13H15N3. The molecule has 0 aliphatic carbocycles. The summed E-state index contributed by atoms with van der Waals surface area (Å²) >= 11 is 0. The Balaban J connectivity index is 2.49. The lowest BCUT2D eigenvalue weighted by Crippen LogP contribution is -2.20. The average Bonchev–Trinajstić information content (AvgIpc) is 2.29. The number of hydrogen-bond acceptors (Lipinski definition) is 3. The fourth-order valence-corrected chi connectivity index (χ4v) is 1.79. The molecular weight excluding hydrogens is 198 g/mol. The third-order valence-corrected chi connectivity index (χ3v) is 2.67. The predicted octanol–water partition coefficient (Wildman–Crippen LogP) is 2.49. The highest BCUT2D eigenvalue weighted by Crippen LogP contribution is 2.19. The number of nitrogens with zero attached hydrogens (tertiary/aromatic N) is 2. The summed E-state index contributed by atoms with van der Waals surface area (Å²) in [6, 6.07) is 10.1. The summed E-state index contributed by atoms with van der Waals surface area (Å²) in [6.07, 6.45) is 3.28. The molecule has 1 heterocycles. The Hall–Kier alpha value is -1.74. The summed E-state index contributed by atoms with van der Waals surface area (Å²) in [5.41, 5.74) is 2.05. The summed E-state index contributed by atoms with van der Waals surface area (Å²) in [6.45, 7) is 0. The van der Waals surface area contributed by atoms with E-state index >= 15 is 0 Å². The van der Waals surface area contributed by atoms with Gasteiger partial charge in [0.1, 0.15) is 0 Å². The van der Waals surface area contributed by atoms with Crippen molar-refractivity contribution in [3.63, 3.8) is 0 Å². The molecule has 0 saturated carbocycles. The van der Waals surface area contributed by atoms with Gasteiger partial charge < -0.3 is 5.41 Å². The first-order valence-electron chi connectivity index (χ1n) is 5.24. The van der Waals surface area contributed by atoms with Gasteiger partial charge in [0.05, 0.1) is 11.6 Å². The van der Waals surface area contributed by atoms with Gasteiger partial charge in [0, 0.05) is 17.8 Å². The minimum absolute atomic E-state index is 0.00268. The van der Waals surface area contributed by atoms with Crippen LogP contribution in [0.1, 0.15) is 11.6 Å². The largest absolute Gasteiger partial charge is 0.311 e. The maximum Gasteiger partial charge on any atom is 0.0709 e. The van der Waals surface area contributed by atoms with E-state index in [-0.39, 0.29) is 6.04 Å². The van der Waals surface area contributed by atoms with E-state index in [0.717, 1.165) is 16.5 Å². The van der Waals surface area contributed by atoms with Crippen molar-refractivity contribution in [1.29, 1.82) is 5.41 Å². The van der Waals surface area contributed by atoms with E-state index in [2.05, 4.69) is 11.1 Å². The van der Waals surface area contributed by atoms with Crippen LogP contribution in [-0.2, 0) is 0 Å². The molecule has 0 aliphatic rings. The number of pyridine rings is 1. The molecule has 0 amide bonds. The molecule has 0 fully saturated rings. The van der Waals surface area contributed by atoms with Crippen LogP contribution in [0.15, 0.2) is 36.5 Å². The number of fused-ring (bicyclic) bond motifs is 1. The molecule has 0 radical (unpaired) electrons. The van der Waals surface area contributed by atoms with Gasteiger partial charge >= 0.3 is 0 Å². The van der Waals surface area contributed by atoms with Gasteiger partial charge in [0.15, 0.2) is 0 Å². The van der Waals surface area contributed by atoms with E-state index < -0.39 is 0 Å². The molecule has 2 aromatic rings. The number of nitrogens with one attached hydrogen (secondary N) is 1. The fourth-order valence-electron chi connectivity index (χ4n) is 1.79. The smallest absolute Gasteiger partial charge is 0.0709 e. The van der Waals surface area contributed by atoms with Crippen molar-refractivity contribution < 1.29 is 0 Å². The van der Waals surface area contributed by atoms with E-state index in [0.29, 0.717) is 0 Å². The Morgan fingerprint density at radius 1 is 1.31 bits per heavy atom. The lowest BCUT2D eigenvalue weighted by Gasteiger charge is -2.19. The van der Waals surface area contributed by atoms with E-state index in [1.165, 1.54) is 6.21 Å². The van der Waals surface area contributed by atoms with Crippen molar-refractivity contribution in [2.45, 2.75) is 6.04 Å². The summed E-state index contributed by atoms with van der Waals surface area (Å²) < 4.78 is 0. The van der Waals surface area contributed by atoms with Crippen molar-refractivity contribution in [3.8, 4) is 0 Å². The number of hydrogen-bond donors (Lipinski definition) is 1. The Morgan fingerprint density at radius 3 is 2.75 bits per heavy atom. The average molecular weight is 213 g/mol. The third kappa shape index (κ3) is 1.95. The lowest BCUT2D eigenvalue weighted by atomic mass is 10.1. The molecule has 3 nitrogen and oxygen atoms in total. The number of rotatable bonds is 3. The molecule has 2 rings (SSSR count). The topological polar surface area (TPSA) is 40.0 Å². The second kappa shape index (κ2) is 4.41. The Bertz CT molecular complexity index is 505. The van der Waals surface area contributed by atoms with E-state index in [4.69, 9.17) is 5.41 Å². The maximum atomic E-state index is 7.44. The minimum Gasteiger partial charge on any atom is -0.311 e. The normalized spacial score (nSPS) is 12.9. The Morgan fingerprint density at radius 2 is 2.06 bits per heavy atom. The SMILES string of the molecule is CN(C)C(C=N)c1cnc2ccccc2c1. The monoisotopic (exact) mass is 213 g/mol. The molecule has 82 valence electrons. The summed E-state index contributed by atoms with van der Waals surface area (Å²) in [4.78, 5) is 6.40. The van der Waals surface area contributed by atoms with Crippen LogP contribution in [0.2, 0.25) is 0 Å². The van der Waals surface area contributed by atoms with E-state index in [9.17, 15) is 0 Å². The van der Waals surface area contributed by atoms with Crippen LogP contribution < -0.4 is 0 Å². The molecule has 1 unspecified atom stereocenters. The summed E-state index contributed by atoms with van der Waals surface area (Å²) in [7, 11) is 3.93. The molecule has 1 N–H and O–H groups in total. The van der Waals surface area contributed by atoms with Crippen molar-refractivity contribution in [2.75, 3.05) is 14.1 Å². The first kappa shape index (κ1) is 10.8. The molecule has 16 heavy (non-hydrogen) atoms. The van der Waals surface area contributed by atoms with Crippen molar-refractivity contribution in [3.05, 3.63) is 42.1 Å². The summed E-state index contributed by atoms with van der Waals surface area (Å²) in [5, 5.41) is 8.56. The molecule has 3 heteroatoms. The van der Waals surface area contributed by atoms with Crippen LogP contribution >= 0.6 is 0 Å². The van der Waals surface area contributed by atoms with Gasteiger partial charge in [0.25, 0.3) is 0 Å². The highest BCUT2D eigenvalue weighted by atomic mass is 15.1. The van der Waals surface area contributed by atoms with Crippen LogP contribution in [0.3, 0.4) is 0 Å². The zero-order valence-corrected chi connectivity index (χ0v) is 9.51. The van der Waals surface area contributed by atoms with Crippen LogP contribution in [-0.4, -0.2) is 30.2 Å². The Labute approximate surface area is 95.2 Å². The predicted molar refractivity (Wildman–Crippen MR) is 67.0 cm³/mol. The van der Waals surface area contributed by atoms with Crippen molar-refractivity contribution >= 4 is 17.1 Å². The lowest BCUT2D eigenvalue weighted by molar-refractivity contribution is 0.373. The standard InChI is InChI=1S/C13H15N3/c1-16(2)13(8-14)11-7-10-5-3-4-6-12(10)15-9-11/h3-9,13-14H,1-2H3. The highest BCUT2D eigenvalue weighted by Gasteiger charge is 2.11. The second-order valence-electron chi connectivity index (χ2n) is 4.04. The van der Waals surface area contributed by atoms with Gasteiger partial charge in [-0.25, -0.2) is 0 Å². The van der Waals surface area contributed by atoms with Crippen molar-refractivity contribution in [2.24, 2.45) is 0 Å². The molecule has 1 atom stereocenters. The Kier molecular flexibility index (Phi) is 2.97. The van der Waals surface area contributed by atoms with Gasteiger partial charge in [0.2, 0.25) is 0 Å². The third-order valence-electron chi connectivity index (χ3n) is 2.67. The number of aromatic nitrogens is 1. The highest BCUT2D eigenvalue weighted by molar-refractivity contribution is 5.80. The zero-order chi connectivity index (χ0) is 11.5. The van der Waals surface area contributed by atoms with Crippen LogP contribution in [0.5, 0.6) is 0 Å². The number of benzene rings is 1. The van der Waals surface area contributed by atoms with E-state index in [1.807, 2.05) is 49.5 Å². The van der Waals surface area contributed by atoms with Gasteiger partial charge in [-0.15, -0.1) is 0 Å². The zero-order valence-electron chi connectivity index (χ0n) is 9.51. The van der Waals surface area contributed by atoms with Gasteiger partial charge in [-0.3, -0.25) is 9.88 Å². The quantitative estimate of drug-likeness (QED) is 0.796. The molecule has 0 bridgehead atoms. The van der Waals surface area contributed by atoms with Crippen LogP contribution in [0.4, 0.5) is 0 Å². The minimum atomic E-state index is -0.00268. The van der Waals surface area contributed by atoms with Gasteiger partial charge in [-0.1, -0.05) is 18.2 Å². The van der Waals surface area contributed by atoms with Gasteiger partial charge in [-0.2, -0.15) is 0 Å². The molecule has 0 spiro atoms. The molecule has 1 aromatic heterocycles. The van der Waals surface area contributed by atoms with Crippen LogP contribution in [0, 0.1) is 5.41 Å². The van der Waals surface area contributed by atoms with Crippen LogP contribution in [0.25, 0.3) is 10.9 Å². The van der Waals surface area contributed by atoms with Gasteiger partial charge in [-0.05, 0) is 31.8 Å². The maximum absolute atomic E-state index is 7.44. The number of para-hydroxylation sites is 1. The second-order valence-corrected chi connectivity index (χ2v) is 4.04. The summed E-state index contributed by atoms with van der Waals surface area (Å²) in [5.74, 6) is 0. The first-order chi connectivity index (χ1) is 7.72. The molecule has 1 aromatic carbocycles.